The van der Waals surface area contributed by atoms with Gasteiger partial charge in [0.05, 0.1) is 6.04 Å². The highest BCUT2D eigenvalue weighted by Gasteiger charge is 2.37. The predicted molar refractivity (Wildman–Crippen MR) is 69.9 cm³/mol. The van der Waals surface area contributed by atoms with Crippen molar-refractivity contribution in [1.29, 1.82) is 0 Å². The fraction of sp³-hybridized carbons (Fsp3) is 0.308. The van der Waals surface area contributed by atoms with Gasteiger partial charge in [-0.15, -0.1) is 11.3 Å². The van der Waals surface area contributed by atoms with Crippen LogP contribution < -0.4 is 5.73 Å². The lowest BCUT2D eigenvalue weighted by molar-refractivity contribution is -0.127. The molecule has 2 heterocycles. The molecule has 1 aliphatic rings. The lowest BCUT2D eigenvalue weighted by Gasteiger charge is -2.22. The number of hydrogen-bond acceptors (Lipinski definition) is 3. The Kier molecular flexibility index (Phi) is 2.42. The van der Waals surface area contributed by atoms with Gasteiger partial charge in [-0.2, -0.15) is 0 Å². The van der Waals surface area contributed by atoms with E-state index in [1.165, 1.54) is 15.6 Å². The number of nitrogens with two attached hydrogens (primary N) is 1. The SMILES string of the molecule is CN1C(=O)CC(N)C1c1csc2ccccc12. The Bertz CT molecular complexity index is 578. The molecule has 2 atom stereocenters. The summed E-state index contributed by atoms with van der Waals surface area (Å²) in [7, 11) is 1.84. The quantitative estimate of drug-likeness (QED) is 0.838. The summed E-state index contributed by atoms with van der Waals surface area (Å²) in [6, 6.07) is 8.20. The van der Waals surface area contributed by atoms with E-state index in [4.69, 9.17) is 5.73 Å². The molecule has 0 aliphatic carbocycles. The van der Waals surface area contributed by atoms with Crippen LogP contribution in [0.1, 0.15) is 18.0 Å². The molecule has 1 fully saturated rings. The van der Waals surface area contributed by atoms with Crippen LogP contribution in [0.2, 0.25) is 0 Å². The van der Waals surface area contributed by atoms with Crippen molar-refractivity contribution in [3.63, 3.8) is 0 Å². The van der Waals surface area contributed by atoms with E-state index in [1.807, 2.05) is 19.2 Å². The summed E-state index contributed by atoms with van der Waals surface area (Å²) in [6.07, 6.45) is 0.450. The smallest absolute Gasteiger partial charge is 0.224 e. The summed E-state index contributed by atoms with van der Waals surface area (Å²) in [5, 5.41) is 3.35. The molecule has 0 spiro atoms. The molecule has 0 radical (unpaired) electrons. The van der Waals surface area contributed by atoms with Crippen molar-refractivity contribution in [1.82, 2.24) is 4.90 Å². The van der Waals surface area contributed by atoms with Crippen LogP contribution in [0.15, 0.2) is 29.6 Å². The number of amides is 1. The molecular formula is C13H14N2OS. The van der Waals surface area contributed by atoms with Crippen molar-refractivity contribution in [2.45, 2.75) is 18.5 Å². The molecule has 1 amide bonds. The summed E-state index contributed by atoms with van der Waals surface area (Å²) in [4.78, 5) is 13.5. The van der Waals surface area contributed by atoms with Gasteiger partial charge in [-0.3, -0.25) is 4.79 Å². The first-order chi connectivity index (χ1) is 8.18. The Morgan fingerprint density at radius 3 is 2.88 bits per heavy atom. The average molecular weight is 246 g/mol. The molecule has 0 saturated carbocycles. The van der Waals surface area contributed by atoms with Crippen LogP contribution in [0, 0.1) is 0 Å². The van der Waals surface area contributed by atoms with E-state index < -0.39 is 0 Å². The van der Waals surface area contributed by atoms with E-state index >= 15 is 0 Å². The Labute approximate surface area is 104 Å². The van der Waals surface area contributed by atoms with Gasteiger partial charge in [-0.1, -0.05) is 18.2 Å². The third kappa shape index (κ3) is 1.56. The van der Waals surface area contributed by atoms with E-state index in [0.717, 1.165) is 0 Å². The van der Waals surface area contributed by atoms with Gasteiger partial charge >= 0.3 is 0 Å². The average Bonchev–Trinajstić information content (AvgIpc) is 2.82. The number of likely N-dealkylation sites (N-methyl/N-ethyl adjacent to an activating group) is 1. The maximum atomic E-state index is 11.7. The Hall–Kier alpha value is -1.39. The van der Waals surface area contributed by atoms with Crippen molar-refractivity contribution in [2.75, 3.05) is 7.05 Å². The molecule has 3 rings (SSSR count). The lowest BCUT2D eigenvalue weighted by Crippen LogP contribution is -2.30. The Balaban J connectivity index is 2.12. The first kappa shape index (κ1) is 10.7. The van der Waals surface area contributed by atoms with E-state index in [0.29, 0.717) is 6.42 Å². The van der Waals surface area contributed by atoms with E-state index in [1.54, 1.807) is 16.2 Å². The summed E-state index contributed by atoms with van der Waals surface area (Å²) in [6.45, 7) is 0. The predicted octanol–water partition coefficient (Wildman–Crippen LogP) is 2.13. The zero-order chi connectivity index (χ0) is 12.0. The maximum absolute atomic E-state index is 11.7. The summed E-state index contributed by atoms with van der Waals surface area (Å²) in [5.41, 5.74) is 7.27. The van der Waals surface area contributed by atoms with Crippen LogP contribution in [0.3, 0.4) is 0 Å². The van der Waals surface area contributed by atoms with Gasteiger partial charge in [0.25, 0.3) is 0 Å². The highest BCUT2D eigenvalue weighted by atomic mass is 32.1. The van der Waals surface area contributed by atoms with E-state index in [-0.39, 0.29) is 18.0 Å². The molecule has 2 aromatic rings. The number of carbonyl (C=O) groups excluding carboxylic acids is 1. The molecule has 4 heteroatoms. The zero-order valence-electron chi connectivity index (χ0n) is 9.59. The van der Waals surface area contributed by atoms with Gasteiger partial charge in [-0.05, 0) is 22.4 Å². The maximum Gasteiger partial charge on any atom is 0.224 e. The molecule has 1 aromatic carbocycles. The number of thiophene rings is 1. The Morgan fingerprint density at radius 1 is 1.41 bits per heavy atom. The molecule has 3 nitrogen and oxygen atoms in total. The second-order valence-electron chi connectivity index (χ2n) is 4.50. The lowest BCUT2D eigenvalue weighted by atomic mass is 10.0. The van der Waals surface area contributed by atoms with Crippen molar-refractivity contribution in [2.24, 2.45) is 5.73 Å². The molecule has 88 valence electrons. The topological polar surface area (TPSA) is 46.3 Å². The number of likely N-dealkylation sites (tertiary alicyclic amines) is 1. The molecule has 1 aliphatic heterocycles. The molecule has 17 heavy (non-hydrogen) atoms. The normalized spacial score (nSPS) is 24.8. The fourth-order valence-electron chi connectivity index (χ4n) is 2.57. The third-order valence-corrected chi connectivity index (χ3v) is 4.44. The van der Waals surface area contributed by atoms with Gasteiger partial charge < -0.3 is 10.6 Å². The Morgan fingerprint density at radius 2 is 2.18 bits per heavy atom. The largest absolute Gasteiger partial charge is 0.337 e. The molecule has 2 unspecified atom stereocenters. The fourth-order valence-corrected chi connectivity index (χ4v) is 3.56. The minimum Gasteiger partial charge on any atom is -0.337 e. The monoisotopic (exact) mass is 246 g/mol. The third-order valence-electron chi connectivity index (χ3n) is 3.46. The second kappa shape index (κ2) is 3.82. The van der Waals surface area contributed by atoms with Crippen LogP contribution in [0.25, 0.3) is 10.1 Å². The summed E-state index contributed by atoms with van der Waals surface area (Å²) in [5.74, 6) is 0.137. The number of rotatable bonds is 1. The number of nitrogens with zero attached hydrogens (tertiary/aromatic N) is 1. The number of benzene rings is 1. The van der Waals surface area contributed by atoms with Crippen molar-refractivity contribution in [3.05, 3.63) is 35.2 Å². The van der Waals surface area contributed by atoms with E-state index in [9.17, 15) is 4.79 Å². The van der Waals surface area contributed by atoms with Crippen LogP contribution >= 0.6 is 11.3 Å². The number of fused-ring (bicyclic) bond motifs is 1. The minimum atomic E-state index is -0.0921. The van der Waals surface area contributed by atoms with E-state index in [2.05, 4.69) is 17.5 Å². The van der Waals surface area contributed by atoms with Crippen molar-refractivity contribution >= 4 is 27.3 Å². The van der Waals surface area contributed by atoms with Crippen LogP contribution in [0.5, 0.6) is 0 Å². The molecule has 0 bridgehead atoms. The summed E-state index contributed by atoms with van der Waals surface area (Å²) >= 11 is 1.71. The molecular weight excluding hydrogens is 232 g/mol. The van der Waals surface area contributed by atoms with Gasteiger partial charge in [-0.25, -0.2) is 0 Å². The first-order valence-electron chi connectivity index (χ1n) is 5.66. The summed E-state index contributed by atoms with van der Waals surface area (Å²) < 4.78 is 1.25. The second-order valence-corrected chi connectivity index (χ2v) is 5.42. The first-order valence-corrected chi connectivity index (χ1v) is 6.54. The van der Waals surface area contributed by atoms with Gasteiger partial charge in [0.2, 0.25) is 5.91 Å². The van der Waals surface area contributed by atoms with Gasteiger partial charge in [0, 0.05) is 24.2 Å². The highest BCUT2D eigenvalue weighted by Crippen LogP contribution is 2.37. The highest BCUT2D eigenvalue weighted by molar-refractivity contribution is 7.17. The molecule has 1 aromatic heterocycles. The molecule has 1 saturated heterocycles. The van der Waals surface area contributed by atoms with Gasteiger partial charge in [0.1, 0.15) is 0 Å². The van der Waals surface area contributed by atoms with Crippen LogP contribution in [0.4, 0.5) is 0 Å². The van der Waals surface area contributed by atoms with Crippen LogP contribution in [-0.2, 0) is 4.79 Å². The number of carbonyl (C=O) groups is 1. The standard InChI is InChI=1S/C13H14N2OS/c1-15-12(16)6-10(14)13(15)9-7-17-11-5-3-2-4-8(9)11/h2-5,7,10,13H,6,14H2,1H3. The van der Waals surface area contributed by atoms with Gasteiger partial charge in [0.15, 0.2) is 0 Å². The minimum absolute atomic E-state index is 0.0265. The van der Waals surface area contributed by atoms with Crippen molar-refractivity contribution in [3.8, 4) is 0 Å². The molecule has 2 N–H and O–H groups in total. The van der Waals surface area contributed by atoms with Crippen LogP contribution in [-0.4, -0.2) is 23.9 Å². The zero-order valence-corrected chi connectivity index (χ0v) is 10.4. The number of hydrogen-bond donors (Lipinski definition) is 1. The van der Waals surface area contributed by atoms with Crippen molar-refractivity contribution < 1.29 is 4.79 Å².